The summed E-state index contributed by atoms with van der Waals surface area (Å²) in [6.45, 7) is 4.82. The molecular formula is C18H24BrN3O3. The summed E-state index contributed by atoms with van der Waals surface area (Å²) in [4.78, 5) is 31.2. The zero-order valence-corrected chi connectivity index (χ0v) is 16.1. The molecule has 2 aliphatic heterocycles. The smallest absolute Gasteiger partial charge is 0.255 e. The second kappa shape index (κ2) is 8.29. The van der Waals surface area contributed by atoms with Gasteiger partial charge in [-0.15, -0.1) is 0 Å². The van der Waals surface area contributed by atoms with Crippen LogP contribution in [-0.4, -0.2) is 85.5 Å². The fourth-order valence-corrected chi connectivity index (χ4v) is 3.98. The maximum absolute atomic E-state index is 12.7. The number of hydrogen-bond donors (Lipinski definition) is 0. The average molecular weight is 410 g/mol. The molecule has 7 heteroatoms. The van der Waals surface area contributed by atoms with E-state index in [-0.39, 0.29) is 17.9 Å². The van der Waals surface area contributed by atoms with Gasteiger partial charge in [0.1, 0.15) is 0 Å². The number of hydrogen-bond acceptors (Lipinski definition) is 4. The van der Waals surface area contributed by atoms with Gasteiger partial charge in [0, 0.05) is 50.9 Å². The Balaban J connectivity index is 1.55. The largest absolute Gasteiger partial charge is 0.383 e. The number of benzene rings is 1. The number of rotatable bonds is 5. The van der Waals surface area contributed by atoms with Gasteiger partial charge >= 0.3 is 0 Å². The van der Waals surface area contributed by atoms with E-state index in [4.69, 9.17) is 4.74 Å². The van der Waals surface area contributed by atoms with Gasteiger partial charge in [-0.3, -0.25) is 14.5 Å². The summed E-state index contributed by atoms with van der Waals surface area (Å²) >= 11 is 3.45. The highest BCUT2D eigenvalue weighted by molar-refractivity contribution is 9.10. The van der Waals surface area contributed by atoms with Crippen molar-refractivity contribution in [1.82, 2.24) is 14.7 Å². The molecule has 1 atom stereocenters. The number of carbonyl (C=O) groups is 2. The molecule has 0 aromatic heterocycles. The van der Waals surface area contributed by atoms with Gasteiger partial charge in [0.25, 0.3) is 5.91 Å². The van der Waals surface area contributed by atoms with Crippen LogP contribution < -0.4 is 0 Å². The van der Waals surface area contributed by atoms with Crippen LogP contribution in [0.5, 0.6) is 0 Å². The minimum absolute atomic E-state index is 0.0439. The van der Waals surface area contributed by atoms with Crippen molar-refractivity contribution in [3.8, 4) is 0 Å². The molecule has 0 aliphatic carbocycles. The lowest BCUT2D eigenvalue weighted by atomic mass is 10.1. The van der Waals surface area contributed by atoms with Gasteiger partial charge in [-0.25, -0.2) is 0 Å². The molecule has 1 unspecified atom stereocenters. The van der Waals surface area contributed by atoms with E-state index in [0.717, 1.165) is 30.5 Å². The van der Waals surface area contributed by atoms with E-state index in [1.807, 2.05) is 34.1 Å². The van der Waals surface area contributed by atoms with Crippen LogP contribution in [0.4, 0.5) is 0 Å². The molecule has 136 valence electrons. The van der Waals surface area contributed by atoms with Crippen LogP contribution in [0.1, 0.15) is 16.8 Å². The van der Waals surface area contributed by atoms with Crippen LogP contribution in [0.2, 0.25) is 0 Å². The van der Waals surface area contributed by atoms with E-state index in [1.54, 1.807) is 7.11 Å². The molecular weight excluding hydrogens is 386 g/mol. The van der Waals surface area contributed by atoms with Gasteiger partial charge in [-0.05, 0) is 34.5 Å². The molecule has 2 saturated heterocycles. The molecule has 25 heavy (non-hydrogen) atoms. The maximum Gasteiger partial charge on any atom is 0.255 e. The Morgan fingerprint density at radius 2 is 1.92 bits per heavy atom. The first kappa shape index (κ1) is 18.4. The highest BCUT2D eigenvalue weighted by Crippen LogP contribution is 2.21. The molecule has 6 nitrogen and oxygen atoms in total. The Morgan fingerprint density at radius 3 is 2.60 bits per heavy atom. The van der Waals surface area contributed by atoms with E-state index < -0.39 is 0 Å². The normalized spacial score (nSPS) is 21.8. The number of halogens is 1. The number of likely N-dealkylation sites (tertiary alicyclic amines) is 1. The molecule has 2 heterocycles. The summed E-state index contributed by atoms with van der Waals surface area (Å²) in [6, 6.07) is 7.46. The number of ether oxygens (including phenoxy) is 1. The second-order valence-electron chi connectivity index (χ2n) is 6.43. The number of carbonyl (C=O) groups excluding carboxylic acids is 2. The summed E-state index contributed by atoms with van der Waals surface area (Å²) in [6.07, 6.45) is 0.862. The topological polar surface area (TPSA) is 53.1 Å². The molecule has 2 fully saturated rings. The first-order valence-electron chi connectivity index (χ1n) is 8.67. The zero-order chi connectivity index (χ0) is 17.8. The van der Waals surface area contributed by atoms with Crippen molar-refractivity contribution < 1.29 is 14.3 Å². The van der Waals surface area contributed by atoms with Gasteiger partial charge in [-0.2, -0.15) is 0 Å². The lowest BCUT2D eigenvalue weighted by molar-refractivity contribution is -0.133. The standard InChI is InChI=1S/C18H24BrN3O3/c1-25-13-12-21-7-6-16(18(21)24)20-8-10-22(11-9-20)17(23)14-4-2-3-5-15(14)19/h2-5,16H,6-13H2,1H3. The van der Waals surface area contributed by atoms with Crippen LogP contribution in [0.15, 0.2) is 28.7 Å². The number of piperazine rings is 1. The van der Waals surface area contributed by atoms with E-state index in [2.05, 4.69) is 20.8 Å². The SMILES string of the molecule is COCCN1CCC(N2CCN(C(=O)c3ccccc3Br)CC2)C1=O. The van der Waals surface area contributed by atoms with Crippen LogP contribution >= 0.6 is 15.9 Å². The maximum atomic E-state index is 12.7. The van der Waals surface area contributed by atoms with Crippen LogP contribution in [0.3, 0.4) is 0 Å². The molecule has 1 aromatic rings. The van der Waals surface area contributed by atoms with Crippen molar-refractivity contribution >= 4 is 27.7 Å². The summed E-state index contributed by atoms with van der Waals surface area (Å²) in [5.41, 5.74) is 0.693. The third kappa shape index (κ3) is 4.04. The molecule has 0 radical (unpaired) electrons. The van der Waals surface area contributed by atoms with E-state index in [0.29, 0.717) is 31.8 Å². The van der Waals surface area contributed by atoms with Crippen molar-refractivity contribution in [2.24, 2.45) is 0 Å². The van der Waals surface area contributed by atoms with E-state index in [1.165, 1.54) is 0 Å². The van der Waals surface area contributed by atoms with Gasteiger partial charge in [0.15, 0.2) is 0 Å². The predicted octanol–water partition coefficient (Wildman–Crippen LogP) is 1.45. The third-order valence-electron chi connectivity index (χ3n) is 4.98. The zero-order valence-electron chi connectivity index (χ0n) is 14.5. The summed E-state index contributed by atoms with van der Waals surface area (Å²) < 4.78 is 5.89. The summed E-state index contributed by atoms with van der Waals surface area (Å²) in [7, 11) is 1.65. The molecule has 2 aliphatic rings. The molecule has 0 bridgehead atoms. The monoisotopic (exact) mass is 409 g/mol. The molecule has 0 N–H and O–H groups in total. The van der Waals surface area contributed by atoms with Gasteiger partial charge < -0.3 is 14.5 Å². The lowest BCUT2D eigenvalue weighted by Gasteiger charge is -2.37. The van der Waals surface area contributed by atoms with Crippen molar-refractivity contribution in [2.45, 2.75) is 12.5 Å². The Labute approximate surface area is 156 Å². The Morgan fingerprint density at radius 1 is 1.20 bits per heavy atom. The highest BCUT2D eigenvalue weighted by Gasteiger charge is 2.37. The number of nitrogens with zero attached hydrogens (tertiary/aromatic N) is 3. The van der Waals surface area contributed by atoms with Gasteiger partial charge in [0.2, 0.25) is 5.91 Å². The Bertz CT molecular complexity index is 632. The van der Waals surface area contributed by atoms with Gasteiger partial charge in [-0.1, -0.05) is 12.1 Å². The molecule has 2 amide bonds. The summed E-state index contributed by atoms with van der Waals surface area (Å²) in [5, 5.41) is 0. The fourth-order valence-electron chi connectivity index (χ4n) is 3.53. The minimum Gasteiger partial charge on any atom is -0.383 e. The molecule has 0 saturated carbocycles. The van der Waals surface area contributed by atoms with Gasteiger partial charge in [0.05, 0.1) is 18.2 Å². The van der Waals surface area contributed by atoms with E-state index >= 15 is 0 Å². The van der Waals surface area contributed by atoms with Crippen molar-refractivity contribution in [3.05, 3.63) is 34.3 Å². The van der Waals surface area contributed by atoms with Crippen LogP contribution in [-0.2, 0) is 9.53 Å². The second-order valence-corrected chi connectivity index (χ2v) is 7.28. The predicted molar refractivity (Wildman–Crippen MR) is 98.5 cm³/mol. The van der Waals surface area contributed by atoms with Crippen molar-refractivity contribution in [3.63, 3.8) is 0 Å². The first-order chi connectivity index (χ1) is 12.1. The van der Waals surface area contributed by atoms with E-state index in [9.17, 15) is 9.59 Å². The molecule has 3 rings (SSSR count). The lowest BCUT2D eigenvalue weighted by Crippen LogP contribution is -2.54. The first-order valence-corrected chi connectivity index (χ1v) is 9.46. The minimum atomic E-state index is -0.0439. The Hall–Kier alpha value is -1.44. The van der Waals surface area contributed by atoms with Crippen LogP contribution in [0.25, 0.3) is 0 Å². The summed E-state index contributed by atoms with van der Waals surface area (Å²) in [5.74, 6) is 0.245. The number of amides is 2. The fraction of sp³-hybridized carbons (Fsp3) is 0.556. The Kier molecular flexibility index (Phi) is 6.09. The van der Waals surface area contributed by atoms with Crippen LogP contribution in [0, 0.1) is 0 Å². The number of methoxy groups -OCH3 is 1. The molecule has 1 aromatic carbocycles. The highest BCUT2D eigenvalue weighted by atomic mass is 79.9. The van der Waals surface area contributed by atoms with Crippen molar-refractivity contribution in [1.29, 1.82) is 0 Å². The average Bonchev–Trinajstić information content (AvgIpc) is 3.00. The third-order valence-corrected chi connectivity index (χ3v) is 5.67. The van der Waals surface area contributed by atoms with Crippen molar-refractivity contribution in [2.75, 3.05) is 53.0 Å². The molecule has 0 spiro atoms. The quantitative estimate of drug-likeness (QED) is 0.738.